The second-order valence-corrected chi connectivity index (χ2v) is 7.11. The molecule has 1 N–H and O–H groups in total. The van der Waals surface area contributed by atoms with E-state index >= 15 is 0 Å². The molecule has 0 heterocycles. The molecule has 0 fully saturated rings. The molecule has 122 valence electrons. The molecule has 0 amide bonds. The molecule has 1 nitrogen and oxygen atoms in total. The highest BCUT2D eigenvalue weighted by Gasteiger charge is 2.29. The van der Waals surface area contributed by atoms with Gasteiger partial charge in [0.25, 0.3) is 0 Å². The van der Waals surface area contributed by atoms with Gasteiger partial charge in [-0.2, -0.15) is 13.2 Å². The van der Waals surface area contributed by atoms with E-state index in [-0.39, 0.29) is 17.2 Å². The first-order valence-electron chi connectivity index (χ1n) is 7.23. The lowest BCUT2D eigenvalue weighted by molar-refractivity contribution is -0.136. The van der Waals surface area contributed by atoms with Crippen molar-refractivity contribution >= 4 is 11.9 Å². The van der Waals surface area contributed by atoms with Gasteiger partial charge >= 0.3 is 6.18 Å². The van der Waals surface area contributed by atoms with Gasteiger partial charge in [-0.25, -0.2) is 0 Å². The third-order valence-corrected chi connectivity index (χ3v) is 3.44. The minimum atomic E-state index is -4.11. The van der Waals surface area contributed by atoms with E-state index in [0.29, 0.717) is 0 Å². The van der Waals surface area contributed by atoms with Crippen LogP contribution in [0.2, 0.25) is 0 Å². The van der Waals surface area contributed by atoms with Gasteiger partial charge in [-0.1, -0.05) is 56.1 Å². The lowest BCUT2D eigenvalue weighted by atomic mass is 10.0. The first-order chi connectivity index (χ1) is 9.67. The minimum absolute atomic E-state index is 0.0364. The van der Waals surface area contributed by atoms with Gasteiger partial charge in [0.2, 0.25) is 0 Å². The van der Waals surface area contributed by atoms with Gasteiger partial charge in [0.05, 0.1) is 0 Å². The van der Waals surface area contributed by atoms with Crippen LogP contribution in [0.15, 0.2) is 30.3 Å². The van der Waals surface area contributed by atoms with Crippen molar-refractivity contribution in [2.24, 2.45) is 0 Å². The molecule has 5 heteroatoms. The zero-order chi connectivity index (χ0) is 16.5. The first-order valence-corrected chi connectivity index (χ1v) is 8.04. The van der Waals surface area contributed by atoms with Gasteiger partial charge in [-0.05, 0) is 32.8 Å². The Kier molecular flexibility index (Phi) is 9.06. The van der Waals surface area contributed by atoms with Crippen LogP contribution in [0.3, 0.4) is 0 Å². The average molecular weight is 321 g/mol. The summed E-state index contributed by atoms with van der Waals surface area (Å²) in [6, 6.07) is 8.99. The van der Waals surface area contributed by atoms with Crippen LogP contribution in [0.1, 0.15) is 59.1 Å². The highest BCUT2D eigenvalue weighted by molar-refractivity contribution is 7.98. The van der Waals surface area contributed by atoms with Crippen molar-refractivity contribution in [2.75, 3.05) is 0 Å². The lowest BCUT2D eigenvalue weighted by Gasteiger charge is -2.25. The molecule has 0 aliphatic carbocycles. The summed E-state index contributed by atoms with van der Waals surface area (Å²) in [6.45, 7) is 10.1. The van der Waals surface area contributed by atoms with Gasteiger partial charge in [-0.3, -0.25) is 4.72 Å². The van der Waals surface area contributed by atoms with Gasteiger partial charge in [-0.15, -0.1) is 0 Å². The summed E-state index contributed by atoms with van der Waals surface area (Å²) >= 11 is 1.47. The quantitative estimate of drug-likeness (QED) is 0.654. The van der Waals surface area contributed by atoms with Crippen molar-refractivity contribution in [3.63, 3.8) is 0 Å². The standard InChI is InChI=1S/C14H20F3NS.C2H6/c1-13(2,3)19-18-12(9-10-14(15,16)17)11-7-5-4-6-8-11;1-2/h4-8,12,18H,9-10H2,1-3H3;1-2H3. The molecule has 0 bridgehead atoms. The van der Waals surface area contributed by atoms with Crippen molar-refractivity contribution in [3.8, 4) is 0 Å². The molecule has 0 aliphatic heterocycles. The average Bonchev–Trinajstić information content (AvgIpc) is 2.39. The Labute approximate surface area is 130 Å². The molecule has 1 unspecified atom stereocenters. The number of alkyl halides is 3. The zero-order valence-electron chi connectivity index (χ0n) is 13.4. The molecule has 1 rings (SSSR count). The molecule has 21 heavy (non-hydrogen) atoms. The van der Waals surface area contributed by atoms with Crippen LogP contribution in [0.25, 0.3) is 0 Å². The molecule has 1 atom stereocenters. The SMILES string of the molecule is CC.CC(C)(C)SNC(CCC(F)(F)F)c1ccccc1. The molecule has 1 aromatic rings. The molecular weight excluding hydrogens is 295 g/mol. The highest BCUT2D eigenvalue weighted by Crippen LogP contribution is 2.31. The van der Waals surface area contributed by atoms with Gasteiger partial charge in [0.1, 0.15) is 0 Å². The lowest BCUT2D eigenvalue weighted by Crippen LogP contribution is -2.23. The molecule has 0 saturated heterocycles. The van der Waals surface area contributed by atoms with Gasteiger partial charge in [0.15, 0.2) is 0 Å². The van der Waals surface area contributed by atoms with Crippen LogP contribution in [0.4, 0.5) is 13.2 Å². The molecular formula is C16H26F3NS. The van der Waals surface area contributed by atoms with Crippen LogP contribution < -0.4 is 4.72 Å². The Morgan fingerprint density at radius 2 is 1.57 bits per heavy atom. The van der Waals surface area contributed by atoms with Crippen molar-refractivity contribution in [2.45, 2.75) is 64.4 Å². The summed E-state index contributed by atoms with van der Waals surface area (Å²) in [6.07, 6.45) is -4.83. The normalized spacial score (nSPS) is 13.3. The fraction of sp³-hybridized carbons (Fsp3) is 0.625. The van der Waals surface area contributed by atoms with Crippen molar-refractivity contribution in [1.82, 2.24) is 4.72 Å². The number of halogens is 3. The molecule has 0 saturated carbocycles. The molecule has 0 spiro atoms. The van der Waals surface area contributed by atoms with Crippen LogP contribution in [-0.2, 0) is 0 Å². The van der Waals surface area contributed by atoms with Crippen molar-refractivity contribution in [3.05, 3.63) is 35.9 Å². The smallest absolute Gasteiger partial charge is 0.256 e. The molecule has 0 radical (unpaired) electrons. The molecule has 0 aromatic heterocycles. The molecule has 0 aliphatic rings. The Morgan fingerprint density at radius 1 is 1.05 bits per heavy atom. The van der Waals surface area contributed by atoms with Crippen LogP contribution in [-0.4, -0.2) is 10.9 Å². The number of hydrogen-bond donors (Lipinski definition) is 1. The summed E-state index contributed by atoms with van der Waals surface area (Å²) in [7, 11) is 0. The third-order valence-electron chi connectivity index (χ3n) is 2.43. The number of rotatable bonds is 5. The van der Waals surface area contributed by atoms with E-state index < -0.39 is 12.6 Å². The van der Waals surface area contributed by atoms with E-state index in [1.54, 1.807) is 0 Å². The largest absolute Gasteiger partial charge is 0.389 e. The van der Waals surface area contributed by atoms with Gasteiger partial charge < -0.3 is 0 Å². The summed E-state index contributed by atoms with van der Waals surface area (Å²) in [5.74, 6) is 0. The van der Waals surface area contributed by atoms with Crippen LogP contribution in [0.5, 0.6) is 0 Å². The van der Waals surface area contributed by atoms with Crippen molar-refractivity contribution < 1.29 is 13.2 Å². The Hall–Kier alpha value is -0.680. The maximum absolute atomic E-state index is 12.4. The summed E-state index contributed by atoms with van der Waals surface area (Å²) < 4.78 is 40.2. The topological polar surface area (TPSA) is 12.0 Å². The third kappa shape index (κ3) is 10.7. The second kappa shape index (κ2) is 9.36. The summed E-state index contributed by atoms with van der Waals surface area (Å²) in [5, 5.41) is 0. The Balaban J connectivity index is 0.00000191. The van der Waals surface area contributed by atoms with Crippen LogP contribution in [0, 0.1) is 0 Å². The van der Waals surface area contributed by atoms with E-state index in [2.05, 4.69) is 4.72 Å². The van der Waals surface area contributed by atoms with E-state index in [1.807, 2.05) is 65.0 Å². The predicted octanol–water partition coefficient (Wildman–Crippen LogP) is 6.13. The number of benzene rings is 1. The number of nitrogens with one attached hydrogen (secondary N) is 1. The predicted molar refractivity (Wildman–Crippen MR) is 86.3 cm³/mol. The fourth-order valence-corrected chi connectivity index (χ4v) is 2.28. The maximum Gasteiger partial charge on any atom is 0.389 e. The van der Waals surface area contributed by atoms with E-state index in [1.165, 1.54) is 11.9 Å². The Bertz CT molecular complexity index is 353. The monoisotopic (exact) mass is 321 g/mol. The van der Waals surface area contributed by atoms with Crippen LogP contribution >= 0.6 is 11.9 Å². The van der Waals surface area contributed by atoms with E-state index in [0.717, 1.165) is 5.56 Å². The summed E-state index contributed by atoms with van der Waals surface area (Å²) in [5.41, 5.74) is 0.892. The fourth-order valence-electron chi connectivity index (χ4n) is 1.53. The maximum atomic E-state index is 12.4. The Morgan fingerprint density at radius 3 is 2.00 bits per heavy atom. The highest BCUT2D eigenvalue weighted by atomic mass is 32.2. The van der Waals surface area contributed by atoms with E-state index in [4.69, 9.17) is 0 Å². The minimum Gasteiger partial charge on any atom is -0.256 e. The molecule has 1 aromatic carbocycles. The second-order valence-electron chi connectivity index (χ2n) is 5.45. The number of hydrogen-bond acceptors (Lipinski definition) is 2. The zero-order valence-corrected chi connectivity index (χ0v) is 14.2. The van der Waals surface area contributed by atoms with E-state index in [9.17, 15) is 13.2 Å². The van der Waals surface area contributed by atoms with Gasteiger partial charge in [0, 0.05) is 17.2 Å². The summed E-state index contributed by atoms with van der Waals surface area (Å²) in [4.78, 5) is 0. The first kappa shape index (κ1) is 20.3. The van der Waals surface area contributed by atoms with Crippen molar-refractivity contribution in [1.29, 1.82) is 0 Å².